The Morgan fingerprint density at radius 2 is 2.07 bits per heavy atom. The van der Waals surface area contributed by atoms with Gasteiger partial charge in [-0.25, -0.2) is 0 Å². The predicted octanol–water partition coefficient (Wildman–Crippen LogP) is 0.819. The van der Waals surface area contributed by atoms with Gasteiger partial charge in [-0.3, -0.25) is 9.29 Å². The highest BCUT2D eigenvalue weighted by atomic mass is 19.1. The minimum absolute atomic E-state index is 0.138. The van der Waals surface area contributed by atoms with Crippen LogP contribution >= 0.6 is 0 Å². The monoisotopic (exact) mass is 205 g/mol. The van der Waals surface area contributed by atoms with Gasteiger partial charge in [0.25, 0.3) is 0 Å². The van der Waals surface area contributed by atoms with E-state index in [9.17, 15) is 9.50 Å². The molecule has 1 saturated heterocycles. The molecule has 0 saturated carbocycles. The van der Waals surface area contributed by atoms with Crippen LogP contribution < -0.4 is 0 Å². The van der Waals surface area contributed by atoms with E-state index in [0.717, 1.165) is 12.8 Å². The van der Waals surface area contributed by atoms with Gasteiger partial charge in [-0.15, -0.1) is 0 Å². The van der Waals surface area contributed by atoms with Crippen LogP contribution in [0.3, 0.4) is 0 Å². The molecule has 0 bridgehead atoms. The number of aliphatic hydroxyl groups is 1. The highest BCUT2D eigenvalue weighted by Crippen LogP contribution is 2.26. The van der Waals surface area contributed by atoms with Crippen LogP contribution in [0.5, 0.6) is 0 Å². The Labute approximate surface area is 84.9 Å². The van der Waals surface area contributed by atoms with Gasteiger partial charge in [0.15, 0.2) is 0 Å². The summed E-state index contributed by atoms with van der Waals surface area (Å²) in [6.45, 7) is 1.94. The molecule has 1 N–H and O–H groups in total. The zero-order chi connectivity index (χ0) is 10.4. The summed E-state index contributed by atoms with van der Waals surface area (Å²) in [6, 6.07) is 0. The Bertz CT molecular complexity index is 160. The van der Waals surface area contributed by atoms with Crippen LogP contribution in [0.25, 0.3) is 0 Å². The zero-order valence-corrected chi connectivity index (χ0v) is 8.84. The molecule has 0 aliphatic carbocycles. The second kappa shape index (κ2) is 5.63. The van der Waals surface area contributed by atoms with Gasteiger partial charge in [0, 0.05) is 25.3 Å². The Kier molecular flexibility index (Phi) is 4.78. The van der Waals surface area contributed by atoms with E-state index in [1.807, 2.05) is 7.05 Å². The standard InChI is InChI=1S/C10H20FNO2/c1-12(6-2-5-11)10(9-13)3-7-14-8-4-10/h13H,2-9H2,1H3. The van der Waals surface area contributed by atoms with Crippen molar-refractivity contribution in [3.63, 3.8) is 0 Å². The fourth-order valence-electron chi connectivity index (χ4n) is 1.95. The summed E-state index contributed by atoms with van der Waals surface area (Å²) in [5, 5.41) is 9.42. The number of ether oxygens (including phenoxy) is 1. The Morgan fingerprint density at radius 1 is 1.43 bits per heavy atom. The molecule has 0 atom stereocenters. The molecule has 0 spiro atoms. The van der Waals surface area contributed by atoms with Gasteiger partial charge < -0.3 is 9.84 Å². The molecule has 0 aromatic carbocycles. The van der Waals surface area contributed by atoms with E-state index in [4.69, 9.17) is 4.74 Å². The van der Waals surface area contributed by atoms with Gasteiger partial charge in [0.05, 0.1) is 13.3 Å². The van der Waals surface area contributed by atoms with Crippen molar-refractivity contribution in [2.75, 3.05) is 40.1 Å². The average molecular weight is 205 g/mol. The summed E-state index contributed by atoms with van der Waals surface area (Å²) in [4.78, 5) is 2.08. The highest BCUT2D eigenvalue weighted by molar-refractivity contribution is 4.90. The molecule has 1 aliphatic heterocycles. The number of alkyl halides is 1. The molecule has 0 amide bonds. The lowest BCUT2D eigenvalue weighted by Crippen LogP contribution is -2.53. The van der Waals surface area contributed by atoms with Crippen LogP contribution in [-0.2, 0) is 4.74 Å². The molecular formula is C10H20FNO2. The van der Waals surface area contributed by atoms with Crippen molar-refractivity contribution in [1.82, 2.24) is 4.90 Å². The van der Waals surface area contributed by atoms with Gasteiger partial charge in [-0.1, -0.05) is 0 Å². The number of likely N-dealkylation sites (N-methyl/N-ethyl adjacent to an activating group) is 1. The molecule has 0 radical (unpaired) electrons. The molecule has 1 fully saturated rings. The predicted molar refractivity (Wildman–Crippen MR) is 53.1 cm³/mol. The summed E-state index contributed by atoms with van der Waals surface area (Å²) < 4.78 is 17.3. The molecule has 1 aliphatic rings. The second-order valence-corrected chi connectivity index (χ2v) is 3.96. The second-order valence-electron chi connectivity index (χ2n) is 3.96. The maximum atomic E-state index is 12.0. The first-order chi connectivity index (χ1) is 6.75. The van der Waals surface area contributed by atoms with Gasteiger partial charge in [-0.05, 0) is 26.3 Å². The van der Waals surface area contributed by atoms with E-state index in [2.05, 4.69) is 4.90 Å². The molecule has 0 unspecified atom stereocenters. The van der Waals surface area contributed by atoms with Gasteiger partial charge in [-0.2, -0.15) is 0 Å². The molecular weight excluding hydrogens is 185 g/mol. The number of nitrogens with zero attached hydrogens (tertiary/aromatic N) is 1. The third kappa shape index (κ3) is 2.65. The van der Waals surface area contributed by atoms with Crippen molar-refractivity contribution in [2.24, 2.45) is 0 Å². The van der Waals surface area contributed by atoms with E-state index in [0.29, 0.717) is 26.2 Å². The van der Waals surface area contributed by atoms with Gasteiger partial charge in [0.2, 0.25) is 0 Å². The van der Waals surface area contributed by atoms with Crippen LogP contribution in [0, 0.1) is 0 Å². The Morgan fingerprint density at radius 3 is 2.57 bits per heavy atom. The lowest BCUT2D eigenvalue weighted by molar-refractivity contribution is -0.0466. The van der Waals surface area contributed by atoms with Crippen molar-refractivity contribution in [2.45, 2.75) is 24.8 Å². The summed E-state index contributed by atoms with van der Waals surface area (Å²) >= 11 is 0. The van der Waals surface area contributed by atoms with Crippen molar-refractivity contribution >= 4 is 0 Å². The zero-order valence-electron chi connectivity index (χ0n) is 8.84. The van der Waals surface area contributed by atoms with Crippen LogP contribution in [0.15, 0.2) is 0 Å². The van der Waals surface area contributed by atoms with E-state index in [1.165, 1.54) is 0 Å². The van der Waals surface area contributed by atoms with Crippen LogP contribution in [0.4, 0.5) is 4.39 Å². The lowest BCUT2D eigenvalue weighted by atomic mass is 9.89. The topological polar surface area (TPSA) is 32.7 Å². The fourth-order valence-corrected chi connectivity index (χ4v) is 1.95. The molecule has 3 nitrogen and oxygen atoms in total. The summed E-state index contributed by atoms with van der Waals surface area (Å²) in [5.41, 5.74) is -0.173. The largest absolute Gasteiger partial charge is 0.394 e. The van der Waals surface area contributed by atoms with E-state index < -0.39 is 0 Å². The third-order valence-electron chi connectivity index (χ3n) is 3.15. The molecule has 84 valence electrons. The first kappa shape index (κ1) is 11.9. The normalized spacial score (nSPS) is 21.4. The summed E-state index contributed by atoms with van der Waals surface area (Å²) in [5.74, 6) is 0. The number of hydrogen-bond donors (Lipinski definition) is 1. The molecule has 1 rings (SSSR count). The minimum atomic E-state index is -0.289. The molecule has 4 heteroatoms. The summed E-state index contributed by atoms with van der Waals surface area (Å²) in [6.07, 6.45) is 2.22. The molecule has 14 heavy (non-hydrogen) atoms. The number of rotatable bonds is 5. The SMILES string of the molecule is CN(CCCF)C1(CO)CCOCC1. The van der Waals surface area contributed by atoms with Crippen molar-refractivity contribution in [3.8, 4) is 0 Å². The smallest absolute Gasteiger partial charge is 0.0906 e. The molecule has 1 heterocycles. The lowest BCUT2D eigenvalue weighted by Gasteiger charge is -2.43. The van der Waals surface area contributed by atoms with E-state index in [-0.39, 0.29) is 18.8 Å². The summed E-state index contributed by atoms with van der Waals surface area (Å²) in [7, 11) is 1.96. The minimum Gasteiger partial charge on any atom is -0.394 e. The highest BCUT2D eigenvalue weighted by Gasteiger charge is 2.35. The van der Waals surface area contributed by atoms with Crippen molar-refractivity contribution in [1.29, 1.82) is 0 Å². The first-order valence-corrected chi connectivity index (χ1v) is 5.21. The number of hydrogen-bond acceptors (Lipinski definition) is 3. The maximum Gasteiger partial charge on any atom is 0.0906 e. The number of halogens is 1. The van der Waals surface area contributed by atoms with E-state index in [1.54, 1.807) is 0 Å². The van der Waals surface area contributed by atoms with E-state index >= 15 is 0 Å². The van der Waals surface area contributed by atoms with Gasteiger partial charge >= 0.3 is 0 Å². The average Bonchev–Trinajstić information content (AvgIpc) is 2.26. The fraction of sp³-hybridized carbons (Fsp3) is 1.00. The van der Waals surface area contributed by atoms with Crippen molar-refractivity contribution in [3.05, 3.63) is 0 Å². The maximum absolute atomic E-state index is 12.0. The third-order valence-corrected chi connectivity index (χ3v) is 3.15. The Hall–Kier alpha value is -0.190. The molecule has 0 aromatic heterocycles. The van der Waals surface area contributed by atoms with Crippen LogP contribution in [0.1, 0.15) is 19.3 Å². The van der Waals surface area contributed by atoms with Crippen LogP contribution in [-0.4, -0.2) is 55.6 Å². The first-order valence-electron chi connectivity index (χ1n) is 5.21. The Balaban J connectivity index is 2.48. The van der Waals surface area contributed by atoms with Crippen molar-refractivity contribution < 1.29 is 14.2 Å². The quantitative estimate of drug-likeness (QED) is 0.721. The molecule has 0 aromatic rings. The van der Waals surface area contributed by atoms with Crippen LogP contribution in [0.2, 0.25) is 0 Å². The number of aliphatic hydroxyl groups excluding tert-OH is 1. The van der Waals surface area contributed by atoms with Gasteiger partial charge in [0.1, 0.15) is 0 Å².